The first-order valence-corrected chi connectivity index (χ1v) is 4.45. The molecule has 0 aliphatic heterocycles. The van der Waals surface area contributed by atoms with Gasteiger partial charge in [0.05, 0.1) is 1.37 Å². The van der Waals surface area contributed by atoms with E-state index < -0.39 is 0 Å². The largest absolute Gasteiger partial charge is 0.103 e. The molecule has 0 aromatic carbocycles. The van der Waals surface area contributed by atoms with Gasteiger partial charge >= 0.3 is 0 Å². The lowest BCUT2D eigenvalue weighted by Crippen LogP contribution is -1.76. The summed E-state index contributed by atoms with van der Waals surface area (Å²) in [7, 11) is 0. The second-order valence-electron chi connectivity index (χ2n) is 2.79. The average Bonchev–Trinajstić information content (AvgIpc) is 2.03. The van der Waals surface area contributed by atoms with Crippen molar-refractivity contribution in [2.24, 2.45) is 0 Å². The molecule has 0 nitrogen and oxygen atoms in total. The molecular formula is C10H20. The van der Waals surface area contributed by atoms with Crippen molar-refractivity contribution in [2.45, 2.75) is 51.9 Å². The summed E-state index contributed by atoms with van der Waals surface area (Å²) in [6.45, 7) is 3.63. The fourth-order valence-corrected chi connectivity index (χ4v) is 1.04. The lowest BCUT2D eigenvalue weighted by molar-refractivity contribution is 0.611. The number of rotatable bonds is 7. The molecule has 0 saturated carbocycles. The molecule has 0 radical (unpaired) electrons. The van der Waals surface area contributed by atoms with Gasteiger partial charge in [-0.05, 0) is 12.8 Å². The van der Waals surface area contributed by atoms with Crippen LogP contribution in [0.15, 0.2) is 12.6 Å². The van der Waals surface area contributed by atoms with E-state index in [0.29, 0.717) is 0 Å². The molecule has 0 aromatic rings. The zero-order chi connectivity index (χ0) is 8.36. The maximum absolute atomic E-state index is 6.77. The van der Waals surface area contributed by atoms with Crippen molar-refractivity contribution < 1.29 is 1.37 Å². The first-order chi connectivity index (χ1) is 5.41. The summed E-state index contributed by atoms with van der Waals surface area (Å²) in [5.41, 5.74) is 0. The fourth-order valence-electron chi connectivity index (χ4n) is 1.04. The third-order valence-electron chi connectivity index (χ3n) is 1.72. The predicted octanol–water partition coefficient (Wildman–Crippen LogP) is 3.92. The van der Waals surface area contributed by atoms with Gasteiger partial charge in [0, 0.05) is 0 Å². The molecule has 0 aromatic heterocycles. The molecule has 0 heteroatoms. The Balaban J connectivity index is 2.79. The SMILES string of the molecule is [2H]/C=C/CCCCCCCC. The van der Waals surface area contributed by atoms with Crippen molar-refractivity contribution in [3.63, 3.8) is 0 Å². The molecule has 0 bridgehead atoms. The molecule has 0 rings (SSSR count). The zero-order valence-corrected chi connectivity index (χ0v) is 7.10. The summed E-state index contributed by atoms with van der Waals surface area (Å²) in [4.78, 5) is 0. The van der Waals surface area contributed by atoms with Gasteiger partial charge in [0.25, 0.3) is 0 Å². The Morgan fingerprint density at radius 1 is 1.20 bits per heavy atom. The third-order valence-corrected chi connectivity index (χ3v) is 1.72. The Hall–Kier alpha value is -0.260. The molecule has 0 N–H and O–H groups in total. The minimum absolute atomic E-state index is 1.09. The third kappa shape index (κ3) is 7.74. The molecule has 0 saturated heterocycles. The highest BCUT2D eigenvalue weighted by Crippen LogP contribution is 2.06. The van der Waals surface area contributed by atoms with E-state index in [1.54, 1.807) is 0 Å². The van der Waals surface area contributed by atoms with Gasteiger partial charge in [-0.2, -0.15) is 0 Å². The lowest BCUT2D eigenvalue weighted by atomic mass is 10.1. The van der Waals surface area contributed by atoms with Crippen molar-refractivity contribution in [2.75, 3.05) is 0 Å². The number of hydrogen-bond acceptors (Lipinski definition) is 0. The minimum atomic E-state index is 1.09. The smallest absolute Gasteiger partial charge is 0.0534 e. The molecule has 10 heavy (non-hydrogen) atoms. The van der Waals surface area contributed by atoms with Crippen LogP contribution in [0.2, 0.25) is 0 Å². The van der Waals surface area contributed by atoms with E-state index >= 15 is 0 Å². The molecule has 0 aliphatic rings. The average molecular weight is 141 g/mol. The first kappa shape index (κ1) is 7.84. The maximum Gasteiger partial charge on any atom is 0.0534 e. The zero-order valence-electron chi connectivity index (χ0n) is 8.10. The van der Waals surface area contributed by atoms with E-state index in [0.717, 1.165) is 6.42 Å². The van der Waals surface area contributed by atoms with Crippen LogP contribution in [0.1, 0.15) is 53.2 Å². The Morgan fingerprint density at radius 2 is 1.90 bits per heavy atom. The van der Waals surface area contributed by atoms with Crippen LogP contribution in [0.5, 0.6) is 0 Å². The quantitative estimate of drug-likeness (QED) is 0.372. The molecule has 0 fully saturated rings. The van der Waals surface area contributed by atoms with Crippen LogP contribution in [-0.2, 0) is 0 Å². The summed E-state index contributed by atoms with van der Waals surface area (Å²) in [5.74, 6) is 0. The first-order valence-electron chi connectivity index (χ1n) is 5.03. The Labute approximate surface area is 66.7 Å². The van der Waals surface area contributed by atoms with Crippen LogP contribution >= 0.6 is 0 Å². The highest BCUT2D eigenvalue weighted by Gasteiger charge is 1.86. The molecule has 0 spiro atoms. The molecule has 0 heterocycles. The maximum atomic E-state index is 6.77. The van der Waals surface area contributed by atoms with Crippen molar-refractivity contribution in [3.05, 3.63) is 12.6 Å². The summed E-state index contributed by atoms with van der Waals surface area (Å²) >= 11 is 0. The monoisotopic (exact) mass is 141 g/mol. The van der Waals surface area contributed by atoms with Crippen LogP contribution in [-0.4, -0.2) is 0 Å². The van der Waals surface area contributed by atoms with Crippen LogP contribution in [0.25, 0.3) is 0 Å². The molecule has 0 unspecified atom stereocenters. The van der Waals surface area contributed by atoms with E-state index in [1.165, 1.54) is 45.1 Å². The topological polar surface area (TPSA) is 0 Å². The predicted molar refractivity (Wildman–Crippen MR) is 48.2 cm³/mol. The van der Waals surface area contributed by atoms with Crippen molar-refractivity contribution in [1.29, 1.82) is 0 Å². The number of unbranched alkanes of at least 4 members (excludes halogenated alkanes) is 6. The Bertz CT molecular complexity index is 86.9. The van der Waals surface area contributed by atoms with Gasteiger partial charge in [-0.25, -0.2) is 0 Å². The van der Waals surface area contributed by atoms with Gasteiger partial charge in [0.15, 0.2) is 0 Å². The standard InChI is InChI=1S/C10H20/c1-3-5-7-9-10-8-6-4-2/h3H,1,4-10H2,2H3/i1D/b3-1+. The van der Waals surface area contributed by atoms with Gasteiger partial charge in [-0.3, -0.25) is 0 Å². The van der Waals surface area contributed by atoms with Gasteiger partial charge < -0.3 is 0 Å². The molecular weight excluding hydrogens is 120 g/mol. The van der Waals surface area contributed by atoms with Gasteiger partial charge in [-0.1, -0.05) is 45.1 Å². The van der Waals surface area contributed by atoms with Crippen molar-refractivity contribution in [1.82, 2.24) is 0 Å². The van der Waals surface area contributed by atoms with E-state index in [9.17, 15) is 0 Å². The summed E-state index contributed by atoms with van der Waals surface area (Å²) in [6.07, 6.45) is 11.1. The molecule has 0 atom stereocenters. The van der Waals surface area contributed by atoms with E-state index in [4.69, 9.17) is 1.37 Å². The normalized spacial score (nSPS) is 12.3. The number of allylic oxidation sites excluding steroid dienone is 1. The molecule has 60 valence electrons. The van der Waals surface area contributed by atoms with Gasteiger partial charge in [-0.15, -0.1) is 6.55 Å². The highest BCUT2D eigenvalue weighted by atomic mass is 13.9. The minimum Gasteiger partial charge on any atom is -0.103 e. The second kappa shape index (κ2) is 8.74. The van der Waals surface area contributed by atoms with E-state index in [1.807, 2.05) is 6.08 Å². The van der Waals surface area contributed by atoms with Crippen LogP contribution in [0.4, 0.5) is 0 Å². The van der Waals surface area contributed by atoms with Crippen molar-refractivity contribution >= 4 is 0 Å². The second-order valence-corrected chi connectivity index (χ2v) is 2.79. The molecule has 0 aliphatic carbocycles. The number of hydrogen-bond donors (Lipinski definition) is 0. The van der Waals surface area contributed by atoms with Gasteiger partial charge in [0.2, 0.25) is 0 Å². The van der Waals surface area contributed by atoms with E-state index in [2.05, 4.69) is 6.92 Å². The van der Waals surface area contributed by atoms with Crippen LogP contribution < -0.4 is 0 Å². The Kier molecular flexibility index (Phi) is 6.85. The Morgan fingerprint density at radius 3 is 2.60 bits per heavy atom. The lowest BCUT2D eigenvalue weighted by Gasteiger charge is -1.96. The van der Waals surface area contributed by atoms with E-state index in [-0.39, 0.29) is 0 Å². The van der Waals surface area contributed by atoms with Gasteiger partial charge in [0.1, 0.15) is 0 Å². The fraction of sp³-hybridized carbons (Fsp3) is 0.800. The summed E-state index contributed by atoms with van der Waals surface area (Å²) < 4.78 is 6.77. The summed E-state index contributed by atoms with van der Waals surface area (Å²) in [5, 5.41) is 0. The van der Waals surface area contributed by atoms with Crippen LogP contribution in [0.3, 0.4) is 0 Å². The van der Waals surface area contributed by atoms with Crippen LogP contribution in [0, 0.1) is 0 Å². The molecule has 0 amide bonds. The summed E-state index contributed by atoms with van der Waals surface area (Å²) in [6, 6.07) is 0. The van der Waals surface area contributed by atoms with Crippen molar-refractivity contribution in [3.8, 4) is 0 Å². The highest BCUT2D eigenvalue weighted by molar-refractivity contribution is 4.65.